The lowest BCUT2D eigenvalue weighted by atomic mass is 9.83. The third kappa shape index (κ3) is 6.72. The number of nitrogens with zero attached hydrogens (tertiary/aromatic N) is 3. The summed E-state index contributed by atoms with van der Waals surface area (Å²) in [5.41, 5.74) is 7.65. The summed E-state index contributed by atoms with van der Waals surface area (Å²) in [5, 5.41) is 10.5. The van der Waals surface area contributed by atoms with Crippen molar-refractivity contribution in [2.24, 2.45) is 18.7 Å². The average Bonchev–Trinajstić information content (AvgIpc) is 3.67. The number of carbonyl (C=O) groups excluding carboxylic acids is 1. The van der Waals surface area contributed by atoms with Crippen molar-refractivity contribution in [1.29, 1.82) is 0 Å². The number of rotatable bonds is 15. The number of carboxylic acids is 1. The topological polar surface area (TPSA) is 119 Å². The molecule has 0 aliphatic carbocycles. The van der Waals surface area contributed by atoms with E-state index in [1.807, 2.05) is 36.3 Å². The summed E-state index contributed by atoms with van der Waals surface area (Å²) in [4.78, 5) is 30.5. The third-order valence-corrected chi connectivity index (χ3v) is 8.24. The lowest BCUT2D eigenvalue weighted by Gasteiger charge is -2.30. The van der Waals surface area contributed by atoms with E-state index >= 15 is 0 Å². The maximum atomic E-state index is 13.7. The van der Waals surface area contributed by atoms with Gasteiger partial charge >= 0.3 is 5.97 Å². The number of amides is 1. The van der Waals surface area contributed by atoms with E-state index < -0.39 is 11.9 Å². The van der Waals surface area contributed by atoms with Crippen LogP contribution in [-0.4, -0.2) is 84.0 Å². The molecule has 1 aromatic heterocycles. The fourth-order valence-corrected chi connectivity index (χ4v) is 6.04. The fraction of sp³-hybridized carbons (Fsp3) is 0.600. The van der Waals surface area contributed by atoms with Crippen molar-refractivity contribution in [3.05, 3.63) is 41.7 Å². The Morgan fingerprint density at radius 2 is 2.00 bits per heavy atom. The van der Waals surface area contributed by atoms with Crippen LogP contribution in [0.3, 0.4) is 0 Å². The number of ether oxygens (including phenoxy) is 3. The van der Waals surface area contributed by atoms with E-state index in [9.17, 15) is 14.7 Å². The number of unbranched alkanes of at least 4 members (excludes halogenated alkanes) is 2. The smallest absolute Gasteiger partial charge is 0.308 e. The second kappa shape index (κ2) is 13.9. The number of aromatic nitrogens is 1. The lowest BCUT2D eigenvalue weighted by molar-refractivity contribution is -0.143. The third-order valence-electron chi connectivity index (χ3n) is 8.24. The van der Waals surface area contributed by atoms with Gasteiger partial charge in [0.05, 0.1) is 19.6 Å². The molecule has 0 radical (unpaired) electrons. The minimum Gasteiger partial charge on any atom is -0.493 e. The average molecular weight is 557 g/mol. The van der Waals surface area contributed by atoms with Crippen molar-refractivity contribution in [3.8, 4) is 17.2 Å². The van der Waals surface area contributed by atoms with E-state index in [4.69, 9.17) is 19.9 Å². The van der Waals surface area contributed by atoms with Crippen molar-refractivity contribution in [1.82, 2.24) is 14.4 Å². The van der Waals surface area contributed by atoms with Gasteiger partial charge in [-0.3, -0.25) is 14.5 Å². The van der Waals surface area contributed by atoms with E-state index in [-0.39, 0.29) is 31.2 Å². The molecule has 1 fully saturated rings. The maximum absolute atomic E-state index is 13.7. The predicted octanol–water partition coefficient (Wildman–Crippen LogP) is 3.23. The summed E-state index contributed by atoms with van der Waals surface area (Å²) in [6, 6.07) is 7.47. The molecule has 2 aliphatic rings. The highest BCUT2D eigenvalue weighted by Crippen LogP contribution is 2.47. The maximum Gasteiger partial charge on any atom is 0.308 e. The van der Waals surface area contributed by atoms with Gasteiger partial charge in [0, 0.05) is 50.5 Å². The van der Waals surface area contributed by atoms with Gasteiger partial charge in [-0.15, -0.1) is 0 Å². The minimum absolute atomic E-state index is 0.0439. The zero-order valence-corrected chi connectivity index (χ0v) is 24.0. The molecule has 3 heterocycles. The zero-order chi connectivity index (χ0) is 28.6. The second-order valence-corrected chi connectivity index (χ2v) is 10.8. The lowest BCUT2D eigenvalue weighted by Crippen LogP contribution is -2.45. The van der Waals surface area contributed by atoms with E-state index in [2.05, 4.69) is 22.5 Å². The van der Waals surface area contributed by atoms with Gasteiger partial charge in [-0.1, -0.05) is 13.3 Å². The van der Waals surface area contributed by atoms with Crippen LogP contribution in [-0.2, 0) is 23.1 Å². The van der Waals surface area contributed by atoms with E-state index in [1.54, 1.807) is 7.11 Å². The first-order valence-electron chi connectivity index (χ1n) is 14.4. The predicted molar refractivity (Wildman–Crippen MR) is 152 cm³/mol. The molecule has 2 aromatic rings. The minimum atomic E-state index is -0.862. The highest BCUT2D eigenvalue weighted by Gasteiger charge is 2.47. The number of carboxylic acid groups (broad SMARTS) is 1. The van der Waals surface area contributed by atoms with Crippen molar-refractivity contribution in [2.45, 2.75) is 57.4 Å². The summed E-state index contributed by atoms with van der Waals surface area (Å²) in [7, 11) is 3.56. The highest BCUT2D eigenvalue weighted by atomic mass is 16.7. The molecular weight excluding hydrogens is 512 g/mol. The summed E-state index contributed by atoms with van der Waals surface area (Å²) in [6.45, 7) is 4.82. The molecule has 3 N–H and O–H groups in total. The zero-order valence-electron chi connectivity index (χ0n) is 24.0. The molecule has 3 atom stereocenters. The Kier molecular flexibility index (Phi) is 10.3. The van der Waals surface area contributed by atoms with Crippen LogP contribution in [0.2, 0.25) is 0 Å². The Morgan fingerprint density at radius 1 is 1.20 bits per heavy atom. The number of hydrogen-bond acceptors (Lipinski definition) is 7. The monoisotopic (exact) mass is 556 g/mol. The Labute approximate surface area is 237 Å². The van der Waals surface area contributed by atoms with Crippen LogP contribution < -0.4 is 19.9 Å². The molecule has 10 nitrogen and oxygen atoms in total. The molecule has 4 rings (SSSR count). The van der Waals surface area contributed by atoms with Gasteiger partial charge < -0.3 is 34.5 Å². The molecule has 1 saturated heterocycles. The summed E-state index contributed by atoms with van der Waals surface area (Å²) >= 11 is 0. The summed E-state index contributed by atoms with van der Waals surface area (Å²) in [6.07, 6.45) is 7.00. The van der Waals surface area contributed by atoms with Gasteiger partial charge in [-0.25, -0.2) is 0 Å². The Bertz CT molecular complexity index is 1150. The number of nitrogens with two attached hydrogens (primary N) is 1. The van der Waals surface area contributed by atoms with Crippen LogP contribution in [0.4, 0.5) is 0 Å². The molecule has 2 aliphatic heterocycles. The van der Waals surface area contributed by atoms with Gasteiger partial charge in [-0.05, 0) is 68.5 Å². The molecular formula is C30H44N4O6. The molecule has 1 aromatic carbocycles. The number of likely N-dealkylation sites (tertiary alicyclic amines) is 1. The van der Waals surface area contributed by atoms with Gasteiger partial charge in [0.15, 0.2) is 11.5 Å². The van der Waals surface area contributed by atoms with Crippen LogP contribution in [0.5, 0.6) is 17.2 Å². The largest absolute Gasteiger partial charge is 0.493 e. The number of hydrogen-bond donors (Lipinski definition) is 2. The molecule has 0 saturated carbocycles. The molecule has 1 amide bonds. The van der Waals surface area contributed by atoms with Gasteiger partial charge in [0.2, 0.25) is 18.4 Å². The number of benzene rings is 1. The Hall–Kier alpha value is -3.24. The molecule has 0 spiro atoms. The first-order chi connectivity index (χ1) is 19.4. The molecule has 1 unspecified atom stereocenters. The molecule has 220 valence electrons. The van der Waals surface area contributed by atoms with Crippen LogP contribution in [0.15, 0.2) is 30.5 Å². The van der Waals surface area contributed by atoms with Gasteiger partial charge in [0.1, 0.15) is 0 Å². The van der Waals surface area contributed by atoms with Crippen LogP contribution >= 0.6 is 0 Å². The first kappa shape index (κ1) is 29.7. The standard InChI is InChI=1S/C30H44N4O6/c1-4-5-14-33(15-7-6-12-31)27(35)19-34-18-23(21-16-25(38-3)29-26(17-21)39-20-40-29)28(30(36)37)24(34)11-10-22-9-8-13-32(22)2/h8-9,13,16-17,23-24,28H,4-7,10-12,14-15,18-20,31H2,1-3H3,(H,36,37)/t23-,24+,28?/m1/s1. The van der Waals surface area contributed by atoms with Crippen LogP contribution in [0.25, 0.3) is 0 Å². The normalized spacial score (nSPS) is 20.1. The highest BCUT2D eigenvalue weighted by molar-refractivity contribution is 5.79. The number of aliphatic carboxylic acids is 1. The van der Waals surface area contributed by atoms with Crippen molar-refractivity contribution in [2.75, 3.05) is 46.6 Å². The first-order valence-corrected chi connectivity index (χ1v) is 14.4. The molecule has 10 heteroatoms. The molecule has 0 bridgehead atoms. The van der Waals surface area contributed by atoms with E-state index in [0.29, 0.717) is 49.8 Å². The van der Waals surface area contributed by atoms with Gasteiger partial charge in [0.25, 0.3) is 0 Å². The number of methoxy groups -OCH3 is 1. The quantitative estimate of drug-likeness (QED) is 0.321. The van der Waals surface area contributed by atoms with Crippen molar-refractivity contribution in [3.63, 3.8) is 0 Å². The SMILES string of the molecule is CCCCN(CCCCN)C(=O)CN1C[C@H](c2cc(OC)c3c(c2)OCO3)C(C(=O)O)[C@@H]1CCc1cccn1C. The number of carbonyl (C=O) groups is 2. The Morgan fingerprint density at radius 3 is 2.67 bits per heavy atom. The summed E-state index contributed by atoms with van der Waals surface area (Å²) in [5.74, 6) is -0.240. The fourth-order valence-electron chi connectivity index (χ4n) is 6.04. The van der Waals surface area contributed by atoms with Gasteiger partial charge in [-0.2, -0.15) is 0 Å². The van der Waals surface area contributed by atoms with E-state index in [0.717, 1.165) is 43.4 Å². The van der Waals surface area contributed by atoms with Crippen molar-refractivity contribution >= 4 is 11.9 Å². The van der Waals surface area contributed by atoms with Crippen molar-refractivity contribution < 1.29 is 28.9 Å². The van der Waals surface area contributed by atoms with E-state index in [1.165, 1.54) is 0 Å². The van der Waals surface area contributed by atoms with Crippen LogP contribution in [0.1, 0.15) is 56.2 Å². The molecule has 40 heavy (non-hydrogen) atoms. The second-order valence-electron chi connectivity index (χ2n) is 10.8. The van der Waals surface area contributed by atoms with Crippen LogP contribution in [0, 0.1) is 5.92 Å². The number of fused-ring (bicyclic) bond motifs is 1. The Balaban J connectivity index is 1.62. The number of aryl methyl sites for hydroxylation is 2. The summed E-state index contributed by atoms with van der Waals surface area (Å²) < 4.78 is 18.8.